The largest absolute Gasteiger partial charge is 0.419 e. The van der Waals surface area contributed by atoms with Gasteiger partial charge in [-0.3, -0.25) is 0 Å². The highest BCUT2D eigenvalue weighted by Crippen LogP contribution is 2.40. The summed E-state index contributed by atoms with van der Waals surface area (Å²) in [4.78, 5) is 0. The lowest BCUT2D eigenvalue weighted by Crippen LogP contribution is -2.14. The molecule has 2 N–H and O–H groups in total. The summed E-state index contributed by atoms with van der Waals surface area (Å²) in [5, 5.41) is 0. The van der Waals surface area contributed by atoms with E-state index in [1.54, 1.807) is 0 Å². The monoisotopic (exact) mass is 233 g/mol. The number of nitrogens with two attached hydrogens (primary N) is 1. The highest BCUT2D eigenvalue weighted by molar-refractivity contribution is 5.29. The lowest BCUT2D eigenvalue weighted by molar-refractivity contribution is -0.140. The van der Waals surface area contributed by atoms with Crippen molar-refractivity contribution in [3.8, 4) is 0 Å². The molecule has 0 aromatic heterocycles. The maximum absolute atomic E-state index is 13.2. The van der Waals surface area contributed by atoms with E-state index in [-0.39, 0.29) is 12.0 Å². The Labute approximate surface area is 90.3 Å². The van der Waals surface area contributed by atoms with Crippen molar-refractivity contribution >= 4 is 0 Å². The third kappa shape index (κ3) is 2.19. The predicted molar refractivity (Wildman–Crippen MR) is 51.1 cm³/mol. The zero-order chi connectivity index (χ0) is 11.9. The minimum absolute atomic E-state index is 0.288. The second-order valence-corrected chi connectivity index (χ2v) is 4.10. The second-order valence-electron chi connectivity index (χ2n) is 4.10. The van der Waals surface area contributed by atoms with Gasteiger partial charge in [-0.05, 0) is 36.5 Å². The van der Waals surface area contributed by atoms with Crippen molar-refractivity contribution in [2.24, 2.45) is 11.7 Å². The van der Waals surface area contributed by atoms with Crippen LogP contribution in [0, 0.1) is 11.7 Å². The molecule has 0 unspecified atom stereocenters. The van der Waals surface area contributed by atoms with Crippen LogP contribution in [-0.2, 0) is 6.18 Å². The van der Waals surface area contributed by atoms with E-state index in [1.807, 2.05) is 0 Å². The third-order valence-corrected chi connectivity index (χ3v) is 2.81. The maximum Gasteiger partial charge on any atom is 0.419 e. The Kier molecular flexibility index (Phi) is 2.66. The van der Waals surface area contributed by atoms with Gasteiger partial charge in [0.15, 0.2) is 0 Å². The Hall–Kier alpha value is -1.10. The Morgan fingerprint density at radius 1 is 1.25 bits per heavy atom. The van der Waals surface area contributed by atoms with Crippen molar-refractivity contribution in [3.05, 3.63) is 35.1 Å². The molecule has 1 aliphatic rings. The van der Waals surface area contributed by atoms with Crippen LogP contribution in [0.1, 0.15) is 30.0 Å². The van der Waals surface area contributed by atoms with Gasteiger partial charge in [-0.25, -0.2) is 4.39 Å². The predicted octanol–water partition coefficient (Wildman–Crippen LogP) is 3.25. The number of halogens is 4. The van der Waals surface area contributed by atoms with Crippen molar-refractivity contribution in [2.75, 3.05) is 0 Å². The van der Waals surface area contributed by atoms with Crippen LogP contribution in [0.15, 0.2) is 18.2 Å². The smallest absolute Gasteiger partial charge is 0.324 e. The summed E-state index contributed by atoms with van der Waals surface area (Å²) in [6.07, 6.45) is -2.72. The number of rotatable bonds is 2. The molecule has 0 amide bonds. The van der Waals surface area contributed by atoms with Crippen LogP contribution < -0.4 is 5.73 Å². The van der Waals surface area contributed by atoms with E-state index in [0.717, 1.165) is 25.0 Å². The molecular weight excluding hydrogens is 222 g/mol. The van der Waals surface area contributed by atoms with Gasteiger partial charge >= 0.3 is 6.18 Å². The number of hydrogen-bond donors (Lipinski definition) is 1. The summed E-state index contributed by atoms with van der Waals surface area (Å²) in [5.41, 5.74) is 4.98. The van der Waals surface area contributed by atoms with E-state index in [4.69, 9.17) is 5.73 Å². The van der Waals surface area contributed by atoms with Crippen LogP contribution in [0.25, 0.3) is 0 Å². The molecule has 1 saturated carbocycles. The first-order valence-corrected chi connectivity index (χ1v) is 5.02. The fourth-order valence-electron chi connectivity index (χ4n) is 1.70. The fourth-order valence-corrected chi connectivity index (χ4v) is 1.70. The van der Waals surface area contributed by atoms with Crippen molar-refractivity contribution < 1.29 is 17.6 Å². The molecule has 5 heteroatoms. The zero-order valence-corrected chi connectivity index (χ0v) is 8.39. The minimum Gasteiger partial charge on any atom is -0.324 e. The summed E-state index contributed by atoms with van der Waals surface area (Å²) in [5.74, 6) is -0.961. The van der Waals surface area contributed by atoms with E-state index in [9.17, 15) is 17.6 Å². The van der Waals surface area contributed by atoms with Gasteiger partial charge in [0, 0.05) is 6.04 Å². The van der Waals surface area contributed by atoms with E-state index in [2.05, 4.69) is 0 Å². The first-order chi connectivity index (χ1) is 7.39. The normalized spacial score (nSPS) is 18.6. The zero-order valence-electron chi connectivity index (χ0n) is 8.39. The van der Waals surface area contributed by atoms with Gasteiger partial charge in [0.1, 0.15) is 5.82 Å². The van der Waals surface area contributed by atoms with Gasteiger partial charge in [-0.1, -0.05) is 6.07 Å². The van der Waals surface area contributed by atoms with Crippen LogP contribution >= 0.6 is 0 Å². The quantitative estimate of drug-likeness (QED) is 0.779. The van der Waals surface area contributed by atoms with Crippen LogP contribution in [0.5, 0.6) is 0 Å². The summed E-state index contributed by atoms with van der Waals surface area (Å²) in [7, 11) is 0. The van der Waals surface area contributed by atoms with Crippen LogP contribution in [0.3, 0.4) is 0 Å². The Morgan fingerprint density at radius 2 is 1.88 bits per heavy atom. The van der Waals surface area contributed by atoms with Gasteiger partial charge in [-0.15, -0.1) is 0 Å². The Morgan fingerprint density at radius 3 is 2.31 bits per heavy atom. The first-order valence-electron chi connectivity index (χ1n) is 5.02. The summed E-state index contributed by atoms with van der Waals surface area (Å²) < 4.78 is 50.1. The Bertz CT molecular complexity index is 395. The molecule has 0 radical (unpaired) electrons. The van der Waals surface area contributed by atoms with Gasteiger partial charge < -0.3 is 5.73 Å². The van der Waals surface area contributed by atoms with E-state index in [0.29, 0.717) is 5.56 Å². The maximum atomic E-state index is 13.2. The van der Waals surface area contributed by atoms with Crippen molar-refractivity contribution in [1.29, 1.82) is 0 Å². The molecular formula is C11H11F4N. The molecule has 1 atom stereocenters. The average Bonchev–Trinajstić information content (AvgIpc) is 2.97. The molecule has 0 spiro atoms. The van der Waals surface area contributed by atoms with Crippen LogP contribution in [-0.4, -0.2) is 0 Å². The van der Waals surface area contributed by atoms with Gasteiger partial charge in [0.05, 0.1) is 5.56 Å². The Balaban J connectivity index is 2.28. The molecule has 1 aromatic rings. The topological polar surface area (TPSA) is 26.0 Å². The van der Waals surface area contributed by atoms with Gasteiger partial charge in [-0.2, -0.15) is 13.2 Å². The van der Waals surface area contributed by atoms with Crippen molar-refractivity contribution in [2.45, 2.75) is 25.1 Å². The second kappa shape index (κ2) is 3.73. The van der Waals surface area contributed by atoms with Crippen molar-refractivity contribution in [1.82, 2.24) is 0 Å². The first kappa shape index (κ1) is 11.4. The number of benzene rings is 1. The van der Waals surface area contributed by atoms with E-state index >= 15 is 0 Å². The molecule has 88 valence electrons. The molecule has 16 heavy (non-hydrogen) atoms. The van der Waals surface area contributed by atoms with E-state index < -0.39 is 17.6 Å². The molecule has 1 aliphatic carbocycles. The lowest BCUT2D eigenvalue weighted by Gasteiger charge is -2.13. The van der Waals surface area contributed by atoms with Gasteiger partial charge in [0.2, 0.25) is 0 Å². The minimum atomic E-state index is -4.65. The highest BCUT2D eigenvalue weighted by atomic mass is 19.4. The molecule has 0 aliphatic heterocycles. The standard InChI is InChI=1S/C11H11F4N/c12-9-5-7(10(16)6-1-2-6)3-4-8(9)11(13,14)15/h3-6,10H,1-2,16H2/t10-/m0/s1. The molecule has 0 heterocycles. The molecule has 1 aromatic carbocycles. The van der Waals surface area contributed by atoms with Crippen LogP contribution in [0.4, 0.5) is 17.6 Å². The number of alkyl halides is 3. The summed E-state index contributed by atoms with van der Waals surface area (Å²) in [6, 6.07) is 2.56. The van der Waals surface area contributed by atoms with Gasteiger partial charge in [0.25, 0.3) is 0 Å². The molecule has 0 saturated heterocycles. The molecule has 1 fully saturated rings. The van der Waals surface area contributed by atoms with Crippen LogP contribution in [0.2, 0.25) is 0 Å². The highest BCUT2D eigenvalue weighted by Gasteiger charge is 2.35. The summed E-state index contributed by atoms with van der Waals surface area (Å²) in [6.45, 7) is 0. The van der Waals surface area contributed by atoms with E-state index in [1.165, 1.54) is 6.07 Å². The SMILES string of the molecule is N[C@H](c1ccc(C(F)(F)F)c(F)c1)C1CC1. The third-order valence-electron chi connectivity index (χ3n) is 2.81. The average molecular weight is 233 g/mol. The molecule has 0 bridgehead atoms. The molecule has 1 nitrogen and oxygen atoms in total. The molecule has 2 rings (SSSR count). The number of hydrogen-bond acceptors (Lipinski definition) is 1. The summed E-state index contributed by atoms with van der Waals surface area (Å²) >= 11 is 0. The fraction of sp³-hybridized carbons (Fsp3) is 0.455. The lowest BCUT2D eigenvalue weighted by atomic mass is 10.0. The van der Waals surface area contributed by atoms with Crippen molar-refractivity contribution in [3.63, 3.8) is 0 Å².